The summed E-state index contributed by atoms with van der Waals surface area (Å²) in [6.45, 7) is 2.04. The molecule has 0 fully saturated rings. The van der Waals surface area contributed by atoms with Crippen LogP contribution in [0.4, 0.5) is 0 Å². The van der Waals surface area contributed by atoms with Crippen LogP contribution in [0.1, 0.15) is 6.92 Å². The number of aliphatic hydroxyl groups is 2. The molecule has 5 heteroatoms. The Hall–Kier alpha value is -0.940. The minimum absolute atomic E-state index is 0.345. The third-order valence-corrected chi connectivity index (χ3v) is 1.23. The topological polar surface area (TPSA) is 73.1 Å². The van der Waals surface area contributed by atoms with Gasteiger partial charge in [0, 0.05) is 6.54 Å². The third kappa shape index (κ3) is 0.891. The SMILES string of the molecule is CCN1N=CC(O)(O)C1=O. The summed E-state index contributed by atoms with van der Waals surface area (Å²) >= 11 is 0. The second-order valence-corrected chi connectivity index (χ2v) is 1.99. The van der Waals surface area contributed by atoms with E-state index in [0.717, 1.165) is 11.2 Å². The summed E-state index contributed by atoms with van der Waals surface area (Å²) in [6, 6.07) is 0. The molecule has 0 aliphatic carbocycles. The van der Waals surface area contributed by atoms with Crippen LogP contribution in [0.5, 0.6) is 0 Å². The molecule has 1 amide bonds. The average molecular weight is 144 g/mol. The molecule has 0 saturated heterocycles. The van der Waals surface area contributed by atoms with Crippen LogP contribution < -0.4 is 0 Å². The molecule has 0 aromatic rings. The van der Waals surface area contributed by atoms with Crippen molar-refractivity contribution in [3.05, 3.63) is 0 Å². The van der Waals surface area contributed by atoms with Crippen molar-refractivity contribution >= 4 is 12.1 Å². The molecular weight excluding hydrogens is 136 g/mol. The number of likely N-dealkylation sites (N-methyl/N-ethyl adjacent to an activating group) is 1. The maximum atomic E-state index is 10.8. The van der Waals surface area contributed by atoms with Crippen LogP contribution in [0.3, 0.4) is 0 Å². The van der Waals surface area contributed by atoms with Crippen LogP contribution in [-0.4, -0.2) is 39.7 Å². The fourth-order valence-corrected chi connectivity index (χ4v) is 0.673. The second-order valence-electron chi connectivity index (χ2n) is 1.99. The van der Waals surface area contributed by atoms with Crippen LogP contribution in [-0.2, 0) is 4.79 Å². The van der Waals surface area contributed by atoms with Gasteiger partial charge in [-0.3, -0.25) is 4.79 Å². The summed E-state index contributed by atoms with van der Waals surface area (Å²) in [6.07, 6.45) is 0.804. The van der Waals surface area contributed by atoms with E-state index in [9.17, 15) is 4.79 Å². The first-order chi connectivity index (χ1) is 4.58. The van der Waals surface area contributed by atoms with Gasteiger partial charge in [-0.15, -0.1) is 0 Å². The lowest BCUT2D eigenvalue weighted by Crippen LogP contribution is -2.42. The van der Waals surface area contributed by atoms with Crippen molar-refractivity contribution in [3.63, 3.8) is 0 Å². The van der Waals surface area contributed by atoms with Gasteiger partial charge in [-0.05, 0) is 6.92 Å². The van der Waals surface area contributed by atoms with E-state index >= 15 is 0 Å². The first-order valence-electron chi connectivity index (χ1n) is 2.90. The van der Waals surface area contributed by atoms with Gasteiger partial charge in [-0.1, -0.05) is 0 Å². The second kappa shape index (κ2) is 2.03. The summed E-state index contributed by atoms with van der Waals surface area (Å²) in [5, 5.41) is 22.0. The molecule has 1 rings (SSSR count). The van der Waals surface area contributed by atoms with Gasteiger partial charge in [0.05, 0.1) is 6.21 Å². The van der Waals surface area contributed by atoms with Gasteiger partial charge in [-0.25, -0.2) is 5.01 Å². The van der Waals surface area contributed by atoms with Gasteiger partial charge in [-0.2, -0.15) is 5.10 Å². The Labute approximate surface area is 57.6 Å². The molecule has 56 valence electrons. The van der Waals surface area contributed by atoms with E-state index in [4.69, 9.17) is 10.2 Å². The molecule has 5 nitrogen and oxygen atoms in total. The minimum Gasteiger partial charge on any atom is -0.354 e. The maximum Gasteiger partial charge on any atom is 0.308 e. The zero-order chi connectivity index (χ0) is 7.78. The predicted molar refractivity (Wildman–Crippen MR) is 33.0 cm³/mol. The highest BCUT2D eigenvalue weighted by Crippen LogP contribution is 2.10. The molecule has 0 bridgehead atoms. The largest absolute Gasteiger partial charge is 0.354 e. The van der Waals surface area contributed by atoms with Crippen molar-refractivity contribution in [3.8, 4) is 0 Å². The molecule has 2 N–H and O–H groups in total. The summed E-state index contributed by atoms with van der Waals surface area (Å²) in [7, 11) is 0. The number of hydrogen-bond acceptors (Lipinski definition) is 4. The molecule has 0 radical (unpaired) electrons. The highest BCUT2D eigenvalue weighted by molar-refractivity contribution is 6.02. The van der Waals surface area contributed by atoms with Crippen LogP contribution in [0.2, 0.25) is 0 Å². The number of carbonyl (C=O) groups excluding carboxylic acids is 1. The fraction of sp³-hybridized carbons (Fsp3) is 0.600. The number of hydrazone groups is 1. The average Bonchev–Trinajstić information content (AvgIpc) is 2.10. The molecule has 0 atom stereocenters. The normalized spacial score (nSPS) is 22.3. The van der Waals surface area contributed by atoms with Crippen LogP contribution in [0, 0.1) is 0 Å². The van der Waals surface area contributed by atoms with E-state index in [1.54, 1.807) is 6.92 Å². The molecule has 0 aromatic heterocycles. The monoisotopic (exact) mass is 144 g/mol. The Morgan fingerprint density at radius 2 is 2.40 bits per heavy atom. The first-order valence-corrected chi connectivity index (χ1v) is 2.90. The lowest BCUT2D eigenvalue weighted by atomic mass is 10.3. The van der Waals surface area contributed by atoms with Crippen LogP contribution >= 0.6 is 0 Å². The fourth-order valence-electron chi connectivity index (χ4n) is 0.673. The summed E-state index contributed by atoms with van der Waals surface area (Å²) < 4.78 is 0. The molecule has 0 aromatic carbocycles. The van der Waals surface area contributed by atoms with Crippen molar-refractivity contribution in [2.75, 3.05) is 6.54 Å². The smallest absolute Gasteiger partial charge is 0.308 e. The molecule has 1 heterocycles. The first kappa shape index (κ1) is 7.17. The number of nitrogens with zero attached hydrogens (tertiary/aromatic N) is 2. The van der Waals surface area contributed by atoms with Gasteiger partial charge in [0.1, 0.15) is 0 Å². The van der Waals surface area contributed by atoms with Crippen LogP contribution in [0.25, 0.3) is 0 Å². The predicted octanol–water partition coefficient (Wildman–Crippen LogP) is -1.48. The molecule has 1 aliphatic rings. The Morgan fingerprint density at radius 1 is 1.80 bits per heavy atom. The summed E-state index contributed by atoms with van der Waals surface area (Å²) in [4.78, 5) is 10.8. The maximum absolute atomic E-state index is 10.8. The zero-order valence-corrected chi connectivity index (χ0v) is 5.48. The molecule has 1 aliphatic heterocycles. The molecule has 0 spiro atoms. The molecule has 10 heavy (non-hydrogen) atoms. The van der Waals surface area contributed by atoms with E-state index < -0.39 is 11.7 Å². The van der Waals surface area contributed by atoms with Gasteiger partial charge in [0.15, 0.2) is 0 Å². The quantitative estimate of drug-likeness (QED) is 0.440. The highest BCUT2D eigenvalue weighted by Gasteiger charge is 2.40. The van der Waals surface area contributed by atoms with E-state index in [0.29, 0.717) is 6.54 Å². The Kier molecular flexibility index (Phi) is 1.46. The van der Waals surface area contributed by atoms with Crippen molar-refractivity contribution in [2.24, 2.45) is 5.10 Å². The Balaban J connectivity index is 2.78. The number of carbonyl (C=O) groups is 1. The van der Waals surface area contributed by atoms with Gasteiger partial charge in [0.25, 0.3) is 5.79 Å². The number of hydrogen-bond donors (Lipinski definition) is 2. The van der Waals surface area contributed by atoms with Crippen LogP contribution in [0.15, 0.2) is 5.10 Å². The van der Waals surface area contributed by atoms with Crippen molar-refractivity contribution < 1.29 is 15.0 Å². The highest BCUT2D eigenvalue weighted by atomic mass is 16.5. The van der Waals surface area contributed by atoms with Crippen molar-refractivity contribution in [1.29, 1.82) is 0 Å². The Morgan fingerprint density at radius 3 is 2.60 bits per heavy atom. The Bertz CT molecular complexity index is 187. The van der Waals surface area contributed by atoms with Gasteiger partial charge >= 0.3 is 5.91 Å². The summed E-state index contributed by atoms with van der Waals surface area (Å²) in [5.41, 5.74) is 0. The standard InChI is InChI=1S/C5H8N2O3/c1-2-7-4(8)5(9,10)3-6-7/h3,9-10H,2H2,1H3. The molecule has 0 saturated carbocycles. The summed E-state index contributed by atoms with van der Waals surface area (Å²) in [5.74, 6) is -3.18. The lowest BCUT2D eigenvalue weighted by molar-refractivity contribution is -0.167. The number of amides is 1. The third-order valence-electron chi connectivity index (χ3n) is 1.23. The van der Waals surface area contributed by atoms with Gasteiger partial charge in [0.2, 0.25) is 0 Å². The molecular formula is C5H8N2O3. The molecule has 0 unspecified atom stereocenters. The van der Waals surface area contributed by atoms with E-state index in [1.165, 1.54) is 0 Å². The number of rotatable bonds is 1. The minimum atomic E-state index is -2.38. The zero-order valence-electron chi connectivity index (χ0n) is 5.48. The van der Waals surface area contributed by atoms with E-state index in [2.05, 4.69) is 5.10 Å². The van der Waals surface area contributed by atoms with E-state index in [1.807, 2.05) is 0 Å². The van der Waals surface area contributed by atoms with E-state index in [-0.39, 0.29) is 0 Å². The van der Waals surface area contributed by atoms with Crippen molar-refractivity contribution in [2.45, 2.75) is 12.7 Å². The van der Waals surface area contributed by atoms with Gasteiger partial charge < -0.3 is 10.2 Å². The van der Waals surface area contributed by atoms with Crippen molar-refractivity contribution in [1.82, 2.24) is 5.01 Å². The lowest BCUT2D eigenvalue weighted by Gasteiger charge is -2.12.